The molecule has 0 aromatic carbocycles. The Hall–Kier alpha value is -0.300. The summed E-state index contributed by atoms with van der Waals surface area (Å²) >= 11 is 0. The van der Waals surface area contributed by atoms with Gasteiger partial charge in [0.15, 0.2) is 0 Å². The molecule has 0 atom stereocenters. The lowest BCUT2D eigenvalue weighted by Gasteiger charge is -2.26. The van der Waals surface area contributed by atoms with Gasteiger partial charge >= 0.3 is 0 Å². The van der Waals surface area contributed by atoms with Crippen LogP contribution < -0.4 is 5.73 Å². The first-order valence-electron chi connectivity index (χ1n) is 2.69. The lowest BCUT2D eigenvalue weighted by atomic mass is 9.81. The molecule has 40 valence electrons. The highest BCUT2D eigenvalue weighted by molar-refractivity contribution is 5.07. The van der Waals surface area contributed by atoms with Crippen molar-refractivity contribution >= 4 is 0 Å². The summed E-state index contributed by atoms with van der Waals surface area (Å²) in [5.41, 5.74) is 6.73. The largest absolute Gasteiger partial charge is 0.330 e. The van der Waals surface area contributed by atoms with Gasteiger partial charge in [0.25, 0.3) is 0 Å². The van der Waals surface area contributed by atoms with Crippen molar-refractivity contribution in [2.24, 2.45) is 11.7 Å². The first-order valence-corrected chi connectivity index (χ1v) is 2.69. The van der Waals surface area contributed by atoms with Crippen molar-refractivity contribution in [1.82, 2.24) is 0 Å². The van der Waals surface area contributed by atoms with Crippen LogP contribution in [0.2, 0.25) is 0 Å². The van der Waals surface area contributed by atoms with Crippen molar-refractivity contribution in [3.05, 3.63) is 12.2 Å². The molecule has 1 nitrogen and oxygen atoms in total. The molecular weight excluding hydrogens is 86.1 g/mol. The molecule has 1 aliphatic rings. The van der Waals surface area contributed by atoms with Gasteiger partial charge in [0.05, 0.1) is 0 Å². The Labute approximate surface area is 44.2 Å². The molecule has 0 saturated heterocycles. The van der Waals surface area contributed by atoms with E-state index in [0.29, 0.717) is 0 Å². The fourth-order valence-corrected chi connectivity index (χ4v) is 0.923. The van der Waals surface area contributed by atoms with Crippen LogP contribution in [0.3, 0.4) is 0 Å². The van der Waals surface area contributed by atoms with E-state index in [9.17, 15) is 0 Å². The molecule has 0 aromatic heterocycles. The van der Waals surface area contributed by atoms with Crippen molar-refractivity contribution in [1.29, 1.82) is 0 Å². The van der Waals surface area contributed by atoms with E-state index in [1.54, 1.807) is 0 Å². The molecule has 1 heteroatoms. The first kappa shape index (κ1) is 4.85. The Morgan fingerprint density at radius 2 is 2.29 bits per heavy atom. The maximum Gasteiger partial charge on any atom is -0.00427 e. The number of hydrogen-bond donors (Lipinski definition) is 1. The molecule has 2 N–H and O–H groups in total. The van der Waals surface area contributed by atoms with Crippen molar-refractivity contribution in [3.63, 3.8) is 0 Å². The SMILES string of the molecule is C=C1CC(CN)C1. The van der Waals surface area contributed by atoms with Crippen LogP contribution >= 0.6 is 0 Å². The Bertz CT molecular complexity index is 78.2. The fraction of sp³-hybridized carbons (Fsp3) is 0.667. The normalized spacial score (nSPS) is 22.1. The molecule has 0 radical (unpaired) electrons. The summed E-state index contributed by atoms with van der Waals surface area (Å²) in [5.74, 6) is 0.771. The summed E-state index contributed by atoms with van der Waals surface area (Å²) in [6.07, 6.45) is 2.35. The van der Waals surface area contributed by atoms with Gasteiger partial charge in [-0.05, 0) is 25.3 Å². The van der Waals surface area contributed by atoms with Crippen LogP contribution in [0.25, 0.3) is 0 Å². The third kappa shape index (κ3) is 0.829. The third-order valence-electron chi connectivity index (χ3n) is 1.49. The summed E-state index contributed by atoms with van der Waals surface area (Å²) in [7, 11) is 0. The molecule has 0 heterocycles. The molecular formula is C6H11N. The molecule has 1 rings (SSSR count). The molecule has 0 unspecified atom stereocenters. The van der Waals surface area contributed by atoms with Gasteiger partial charge < -0.3 is 5.73 Å². The summed E-state index contributed by atoms with van der Waals surface area (Å²) < 4.78 is 0. The van der Waals surface area contributed by atoms with Gasteiger partial charge in [-0.25, -0.2) is 0 Å². The van der Waals surface area contributed by atoms with Crippen molar-refractivity contribution in [2.45, 2.75) is 12.8 Å². The van der Waals surface area contributed by atoms with Crippen LogP contribution in [-0.4, -0.2) is 6.54 Å². The van der Waals surface area contributed by atoms with Gasteiger partial charge in [-0.1, -0.05) is 12.2 Å². The van der Waals surface area contributed by atoms with Gasteiger partial charge in [-0.15, -0.1) is 0 Å². The second-order valence-corrected chi connectivity index (χ2v) is 2.26. The quantitative estimate of drug-likeness (QED) is 0.483. The Kier molecular flexibility index (Phi) is 1.15. The highest BCUT2D eigenvalue weighted by Crippen LogP contribution is 2.29. The van der Waals surface area contributed by atoms with Gasteiger partial charge in [-0.3, -0.25) is 0 Å². The van der Waals surface area contributed by atoms with Gasteiger partial charge in [0.1, 0.15) is 0 Å². The van der Waals surface area contributed by atoms with E-state index >= 15 is 0 Å². The minimum absolute atomic E-state index is 0.771. The van der Waals surface area contributed by atoms with E-state index in [1.165, 1.54) is 18.4 Å². The Morgan fingerprint density at radius 1 is 1.71 bits per heavy atom. The summed E-state index contributed by atoms with van der Waals surface area (Å²) in [6, 6.07) is 0. The van der Waals surface area contributed by atoms with Gasteiger partial charge in [-0.2, -0.15) is 0 Å². The van der Waals surface area contributed by atoms with Crippen LogP contribution in [0.5, 0.6) is 0 Å². The lowest BCUT2D eigenvalue weighted by Crippen LogP contribution is -2.22. The molecule has 1 aliphatic carbocycles. The molecule has 1 fully saturated rings. The Balaban J connectivity index is 2.17. The number of rotatable bonds is 1. The summed E-state index contributed by atoms with van der Waals surface area (Å²) in [4.78, 5) is 0. The second-order valence-electron chi connectivity index (χ2n) is 2.26. The number of allylic oxidation sites excluding steroid dienone is 1. The topological polar surface area (TPSA) is 26.0 Å². The standard InChI is InChI=1S/C6H11N/c1-5-2-6(3-5)4-7/h6H,1-4,7H2. The minimum atomic E-state index is 0.771. The molecule has 0 aliphatic heterocycles. The van der Waals surface area contributed by atoms with Crippen molar-refractivity contribution < 1.29 is 0 Å². The molecule has 1 saturated carbocycles. The van der Waals surface area contributed by atoms with E-state index in [1.807, 2.05) is 0 Å². The van der Waals surface area contributed by atoms with Crippen LogP contribution in [0.4, 0.5) is 0 Å². The third-order valence-corrected chi connectivity index (χ3v) is 1.49. The second kappa shape index (κ2) is 1.66. The monoisotopic (exact) mass is 97.1 g/mol. The average Bonchev–Trinajstić information content (AvgIpc) is 1.58. The zero-order valence-corrected chi connectivity index (χ0v) is 4.48. The average molecular weight is 97.2 g/mol. The maximum atomic E-state index is 5.35. The summed E-state index contributed by atoms with van der Waals surface area (Å²) in [6.45, 7) is 4.65. The van der Waals surface area contributed by atoms with Crippen LogP contribution in [0.15, 0.2) is 12.2 Å². The fourth-order valence-electron chi connectivity index (χ4n) is 0.923. The smallest absolute Gasteiger partial charge is 0.00427 e. The molecule has 0 aromatic rings. The molecule has 0 spiro atoms. The predicted molar refractivity (Wildman–Crippen MR) is 30.9 cm³/mol. The van der Waals surface area contributed by atoms with E-state index in [4.69, 9.17) is 5.73 Å². The lowest BCUT2D eigenvalue weighted by molar-refractivity contribution is 0.431. The van der Waals surface area contributed by atoms with Gasteiger partial charge in [0.2, 0.25) is 0 Å². The first-order chi connectivity index (χ1) is 3.33. The van der Waals surface area contributed by atoms with E-state index < -0.39 is 0 Å². The molecule has 0 bridgehead atoms. The van der Waals surface area contributed by atoms with E-state index in [2.05, 4.69) is 6.58 Å². The zero-order chi connectivity index (χ0) is 5.28. The molecule has 0 amide bonds. The predicted octanol–water partition coefficient (Wildman–Crippen LogP) is 0.911. The minimum Gasteiger partial charge on any atom is -0.330 e. The zero-order valence-electron chi connectivity index (χ0n) is 4.48. The Morgan fingerprint density at radius 3 is 2.43 bits per heavy atom. The molecule has 7 heavy (non-hydrogen) atoms. The highest BCUT2D eigenvalue weighted by Gasteiger charge is 2.18. The van der Waals surface area contributed by atoms with Gasteiger partial charge in [0, 0.05) is 0 Å². The van der Waals surface area contributed by atoms with Crippen LogP contribution in [-0.2, 0) is 0 Å². The summed E-state index contributed by atoms with van der Waals surface area (Å²) in [5, 5.41) is 0. The van der Waals surface area contributed by atoms with Crippen LogP contribution in [0.1, 0.15) is 12.8 Å². The van der Waals surface area contributed by atoms with Crippen molar-refractivity contribution in [3.8, 4) is 0 Å². The van der Waals surface area contributed by atoms with E-state index in [0.717, 1.165) is 12.5 Å². The van der Waals surface area contributed by atoms with E-state index in [-0.39, 0.29) is 0 Å². The number of nitrogens with two attached hydrogens (primary N) is 1. The van der Waals surface area contributed by atoms with Crippen molar-refractivity contribution in [2.75, 3.05) is 6.54 Å². The highest BCUT2D eigenvalue weighted by atomic mass is 14.6. The number of hydrogen-bond acceptors (Lipinski definition) is 1. The van der Waals surface area contributed by atoms with Crippen LogP contribution in [0, 0.1) is 5.92 Å². The maximum absolute atomic E-state index is 5.35.